The first-order chi connectivity index (χ1) is 8.45. The lowest BCUT2D eigenvalue weighted by atomic mass is 9.91. The summed E-state index contributed by atoms with van der Waals surface area (Å²) in [6.07, 6.45) is 2.92. The van der Waals surface area contributed by atoms with Gasteiger partial charge in [-0.2, -0.15) is 4.31 Å². The Hall–Kier alpha value is -0.430. The molecule has 0 spiro atoms. The van der Waals surface area contributed by atoms with E-state index in [-0.39, 0.29) is 13.1 Å². The first kappa shape index (κ1) is 12.6. The zero-order valence-electron chi connectivity index (χ0n) is 10.3. The Morgan fingerprint density at radius 1 is 1.44 bits per heavy atom. The van der Waals surface area contributed by atoms with Crippen molar-refractivity contribution in [2.45, 2.75) is 36.0 Å². The summed E-state index contributed by atoms with van der Waals surface area (Å²) in [5.74, 6) is 0.318. The number of rotatable bonds is 4. The molecular formula is C12H17NO3S2. The molecule has 0 radical (unpaired) electrons. The van der Waals surface area contributed by atoms with E-state index >= 15 is 0 Å². The summed E-state index contributed by atoms with van der Waals surface area (Å²) in [4.78, 5) is 1.08. The molecule has 0 bridgehead atoms. The molecule has 1 saturated carbocycles. The molecule has 0 aromatic carbocycles. The molecule has 1 aliphatic carbocycles. The molecule has 3 rings (SSSR count). The second kappa shape index (κ2) is 4.03. The fourth-order valence-corrected chi connectivity index (χ4v) is 5.44. The van der Waals surface area contributed by atoms with Gasteiger partial charge in [-0.15, -0.1) is 11.3 Å². The maximum absolute atomic E-state index is 12.3. The van der Waals surface area contributed by atoms with E-state index in [0.717, 1.165) is 24.1 Å². The van der Waals surface area contributed by atoms with Crippen molar-refractivity contribution in [2.24, 2.45) is 5.92 Å². The molecule has 1 aliphatic heterocycles. The predicted octanol–water partition coefficient (Wildman–Crippen LogP) is 1.46. The molecule has 4 nitrogen and oxygen atoms in total. The van der Waals surface area contributed by atoms with Gasteiger partial charge in [-0.3, -0.25) is 0 Å². The van der Waals surface area contributed by atoms with Crippen LogP contribution in [0.5, 0.6) is 0 Å². The summed E-state index contributed by atoms with van der Waals surface area (Å²) < 4.78 is 26.4. The van der Waals surface area contributed by atoms with Crippen LogP contribution in [0.25, 0.3) is 0 Å². The predicted molar refractivity (Wildman–Crippen MR) is 70.1 cm³/mol. The molecule has 2 aliphatic rings. The van der Waals surface area contributed by atoms with E-state index in [1.165, 1.54) is 15.6 Å². The number of hydrogen-bond donors (Lipinski definition) is 1. The molecule has 1 N–H and O–H groups in total. The molecule has 0 unspecified atom stereocenters. The zero-order chi connectivity index (χ0) is 13.0. The zero-order valence-corrected chi connectivity index (χ0v) is 11.9. The van der Waals surface area contributed by atoms with Gasteiger partial charge in [0.1, 0.15) is 4.21 Å². The van der Waals surface area contributed by atoms with E-state index in [0.29, 0.717) is 10.1 Å². The van der Waals surface area contributed by atoms with Crippen LogP contribution in [0.3, 0.4) is 0 Å². The number of aryl methyl sites for hydroxylation is 1. The summed E-state index contributed by atoms with van der Waals surface area (Å²) in [6.45, 7) is 2.54. The lowest BCUT2D eigenvalue weighted by Gasteiger charge is -2.45. The lowest BCUT2D eigenvalue weighted by Crippen LogP contribution is -2.64. The molecule has 0 atom stereocenters. The van der Waals surface area contributed by atoms with Crippen LogP contribution in [-0.4, -0.2) is 36.5 Å². The lowest BCUT2D eigenvalue weighted by molar-refractivity contribution is -0.0764. The standard InChI is InChI=1S/C12H17NO3S2/c1-2-10-5-6-11(17-10)18(15,16)13-7-12(14,8-13)9-3-4-9/h5-6,9,14H,2-4,7-8H2,1H3. The summed E-state index contributed by atoms with van der Waals surface area (Å²) in [5.41, 5.74) is -0.752. The van der Waals surface area contributed by atoms with Gasteiger partial charge in [0.2, 0.25) is 0 Å². The van der Waals surface area contributed by atoms with Crippen molar-refractivity contribution < 1.29 is 13.5 Å². The molecule has 100 valence electrons. The number of hydrogen-bond acceptors (Lipinski definition) is 4. The fourth-order valence-electron chi connectivity index (χ4n) is 2.43. The van der Waals surface area contributed by atoms with E-state index in [9.17, 15) is 13.5 Å². The van der Waals surface area contributed by atoms with Crippen molar-refractivity contribution >= 4 is 21.4 Å². The second-order valence-electron chi connectivity index (χ2n) is 5.23. The number of aliphatic hydroxyl groups is 1. The van der Waals surface area contributed by atoms with E-state index in [2.05, 4.69) is 0 Å². The molecule has 2 fully saturated rings. The number of sulfonamides is 1. The van der Waals surface area contributed by atoms with Crippen LogP contribution >= 0.6 is 11.3 Å². The minimum absolute atomic E-state index is 0.263. The van der Waals surface area contributed by atoms with Crippen molar-refractivity contribution in [3.63, 3.8) is 0 Å². The highest BCUT2D eigenvalue weighted by atomic mass is 32.2. The quantitative estimate of drug-likeness (QED) is 0.912. The Labute approximate surface area is 111 Å². The maximum atomic E-state index is 12.3. The van der Waals surface area contributed by atoms with Crippen molar-refractivity contribution in [2.75, 3.05) is 13.1 Å². The largest absolute Gasteiger partial charge is 0.387 e. The summed E-state index contributed by atoms with van der Waals surface area (Å²) in [6, 6.07) is 3.54. The molecular weight excluding hydrogens is 270 g/mol. The smallest absolute Gasteiger partial charge is 0.252 e. The third kappa shape index (κ3) is 1.91. The Balaban J connectivity index is 1.76. The van der Waals surface area contributed by atoms with Gasteiger partial charge in [0, 0.05) is 18.0 Å². The highest BCUT2D eigenvalue weighted by Gasteiger charge is 2.55. The highest BCUT2D eigenvalue weighted by molar-refractivity contribution is 7.91. The van der Waals surface area contributed by atoms with Crippen molar-refractivity contribution in [1.82, 2.24) is 4.31 Å². The van der Waals surface area contributed by atoms with Gasteiger partial charge in [0.15, 0.2) is 0 Å². The monoisotopic (exact) mass is 287 g/mol. The van der Waals surface area contributed by atoms with E-state index < -0.39 is 15.6 Å². The SMILES string of the molecule is CCc1ccc(S(=O)(=O)N2CC(O)(C3CC3)C2)s1. The average molecular weight is 287 g/mol. The Kier molecular flexibility index (Phi) is 2.82. The summed E-state index contributed by atoms with van der Waals surface area (Å²) in [7, 11) is -3.38. The van der Waals surface area contributed by atoms with E-state index in [1.807, 2.05) is 13.0 Å². The molecule has 18 heavy (non-hydrogen) atoms. The van der Waals surface area contributed by atoms with Gasteiger partial charge in [-0.1, -0.05) is 6.92 Å². The summed E-state index contributed by atoms with van der Waals surface area (Å²) in [5, 5.41) is 10.2. The van der Waals surface area contributed by atoms with E-state index in [1.54, 1.807) is 6.07 Å². The van der Waals surface area contributed by atoms with Crippen molar-refractivity contribution in [1.29, 1.82) is 0 Å². The maximum Gasteiger partial charge on any atom is 0.252 e. The minimum Gasteiger partial charge on any atom is -0.387 e. The van der Waals surface area contributed by atoms with Gasteiger partial charge < -0.3 is 5.11 Å². The second-order valence-corrected chi connectivity index (χ2v) is 8.56. The van der Waals surface area contributed by atoms with Crippen molar-refractivity contribution in [3.8, 4) is 0 Å². The molecule has 1 aromatic rings. The van der Waals surface area contributed by atoms with Gasteiger partial charge in [0.25, 0.3) is 10.0 Å². The molecule has 0 amide bonds. The first-order valence-corrected chi connectivity index (χ1v) is 8.52. The van der Waals surface area contributed by atoms with Gasteiger partial charge in [-0.25, -0.2) is 8.42 Å². The minimum atomic E-state index is -3.38. The van der Waals surface area contributed by atoms with Crippen LogP contribution in [0, 0.1) is 5.92 Å². The number of thiophene rings is 1. The number of nitrogens with zero attached hydrogens (tertiary/aromatic N) is 1. The Morgan fingerprint density at radius 3 is 2.61 bits per heavy atom. The highest BCUT2D eigenvalue weighted by Crippen LogP contribution is 2.46. The third-order valence-electron chi connectivity index (χ3n) is 3.82. The van der Waals surface area contributed by atoms with Crippen LogP contribution in [0.2, 0.25) is 0 Å². The molecule has 1 aromatic heterocycles. The Bertz CT molecular complexity index is 554. The molecule has 6 heteroatoms. The normalized spacial score (nSPS) is 23.9. The van der Waals surface area contributed by atoms with Gasteiger partial charge in [0.05, 0.1) is 5.60 Å². The first-order valence-electron chi connectivity index (χ1n) is 6.27. The molecule has 2 heterocycles. The van der Waals surface area contributed by atoms with Gasteiger partial charge >= 0.3 is 0 Å². The van der Waals surface area contributed by atoms with Gasteiger partial charge in [-0.05, 0) is 37.3 Å². The molecule has 1 saturated heterocycles. The van der Waals surface area contributed by atoms with Crippen LogP contribution in [0.4, 0.5) is 0 Å². The Morgan fingerprint density at radius 2 is 2.11 bits per heavy atom. The van der Waals surface area contributed by atoms with Crippen LogP contribution < -0.4 is 0 Å². The van der Waals surface area contributed by atoms with Crippen LogP contribution in [-0.2, 0) is 16.4 Å². The number of β-amino-alcohol motifs (C(OH)–C–C–N with tert-alkyl or cyclic N) is 1. The fraction of sp³-hybridized carbons (Fsp3) is 0.667. The average Bonchev–Trinajstić information content (AvgIpc) is 3.02. The van der Waals surface area contributed by atoms with E-state index in [4.69, 9.17) is 0 Å². The summed E-state index contributed by atoms with van der Waals surface area (Å²) >= 11 is 1.33. The third-order valence-corrected chi connectivity index (χ3v) is 7.31. The topological polar surface area (TPSA) is 57.6 Å². The van der Waals surface area contributed by atoms with Crippen molar-refractivity contribution in [3.05, 3.63) is 17.0 Å². The van der Waals surface area contributed by atoms with Crippen LogP contribution in [0.1, 0.15) is 24.6 Å². The van der Waals surface area contributed by atoms with Crippen LogP contribution in [0.15, 0.2) is 16.3 Å².